The number of nitrogens with zero attached hydrogens (tertiary/aromatic N) is 5. The van der Waals surface area contributed by atoms with Crippen molar-refractivity contribution in [2.24, 2.45) is 0 Å². The van der Waals surface area contributed by atoms with E-state index in [1.54, 1.807) is 12.4 Å². The van der Waals surface area contributed by atoms with Crippen molar-refractivity contribution in [3.63, 3.8) is 0 Å². The van der Waals surface area contributed by atoms with Gasteiger partial charge < -0.3 is 9.88 Å². The van der Waals surface area contributed by atoms with Crippen molar-refractivity contribution >= 4 is 17.6 Å². The highest BCUT2D eigenvalue weighted by molar-refractivity contribution is 7.98. The summed E-state index contributed by atoms with van der Waals surface area (Å²) in [6, 6.07) is 14.3. The summed E-state index contributed by atoms with van der Waals surface area (Å²) >= 11 is 1.47. The van der Waals surface area contributed by atoms with Crippen LogP contribution in [0.15, 0.2) is 47.8 Å². The molecule has 0 saturated carbocycles. The number of benzene rings is 1. The first-order chi connectivity index (χ1) is 13.8. The maximum Gasteiger partial charge on any atom is 0.148 e. The Balaban J connectivity index is 1.88. The van der Waals surface area contributed by atoms with Gasteiger partial charge >= 0.3 is 0 Å². The molecule has 3 aromatic rings. The Morgan fingerprint density at radius 1 is 1.07 bits per heavy atom. The van der Waals surface area contributed by atoms with Crippen LogP contribution < -0.4 is 4.90 Å². The molecule has 0 radical (unpaired) electrons. The molecule has 0 aliphatic carbocycles. The number of hydrogen-bond donors (Lipinski definition) is 1. The lowest BCUT2D eigenvalue weighted by Crippen LogP contribution is -2.21. The average Bonchev–Trinajstić information content (AvgIpc) is 3.45. The molecule has 1 aliphatic rings. The van der Waals surface area contributed by atoms with Crippen molar-refractivity contribution in [2.75, 3.05) is 18.0 Å². The molecule has 1 aromatic carbocycles. The normalized spacial score (nSPS) is 13.3. The van der Waals surface area contributed by atoms with Crippen molar-refractivity contribution in [1.29, 1.82) is 10.5 Å². The van der Waals surface area contributed by atoms with Crippen LogP contribution in [0.3, 0.4) is 0 Å². The highest BCUT2D eigenvalue weighted by Gasteiger charge is 2.26. The fourth-order valence-electron chi connectivity index (χ4n) is 3.43. The molecule has 28 heavy (non-hydrogen) atoms. The molecule has 138 valence electrons. The number of aromatic nitrogens is 3. The lowest BCUT2D eigenvalue weighted by molar-refractivity contribution is 0.910. The molecule has 7 heteroatoms. The molecule has 3 heterocycles. The van der Waals surface area contributed by atoms with Gasteiger partial charge in [-0.3, -0.25) is 0 Å². The topological polar surface area (TPSA) is 92.4 Å². The predicted octanol–water partition coefficient (Wildman–Crippen LogP) is 4.11. The standard InChI is InChI=1S/C21H18N6S/c22-12-16-19(15-6-2-1-3-7-15)17(13-23)21(28-14-18-24-8-9-25-18)26-20(16)27-10-4-5-11-27/h1-3,6-9H,4-5,10-11,14H2,(H,24,25). The lowest BCUT2D eigenvalue weighted by Gasteiger charge is -2.22. The van der Waals surface area contributed by atoms with Crippen LogP contribution in [-0.2, 0) is 5.75 Å². The fraction of sp³-hybridized carbons (Fsp3) is 0.238. The van der Waals surface area contributed by atoms with E-state index in [2.05, 4.69) is 27.0 Å². The number of rotatable bonds is 5. The quantitative estimate of drug-likeness (QED) is 0.664. The van der Waals surface area contributed by atoms with Crippen molar-refractivity contribution in [2.45, 2.75) is 23.6 Å². The Morgan fingerprint density at radius 3 is 2.46 bits per heavy atom. The molecule has 0 atom stereocenters. The first-order valence-electron chi connectivity index (χ1n) is 9.11. The van der Waals surface area contributed by atoms with Crippen LogP contribution in [0.4, 0.5) is 5.82 Å². The SMILES string of the molecule is N#Cc1c(SCc2ncc[nH]2)nc(N2CCCC2)c(C#N)c1-c1ccccc1. The Hall–Kier alpha value is -3.29. The average molecular weight is 386 g/mol. The van der Waals surface area contributed by atoms with E-state index in [1.165, 1.54) is 11.8 Å². The minimum Gasteiger partial charge on any atom is -0.355 e. The summed E-state index contributed by atoms with van der Waals surface area (Å²) in [5, 5.41) is 20.5. The third kappa shape index (κ3) is 3.45. The van der Waals surface area contributed by atoms with Gasteiger partial charge in [0, 0.05) is 31.0 Å². The van der Waals surface area contributed by atoms with Crippen molar-refractivity contribution in [3.8, 4) is 23.3 Å². The monoisotopic (exact) mass is 386 g/mol. The maximum atomic E-state index is 9.96. The molecule has 1 aliphatic heterocycles. The number of hydrogen-bond acceptors (Lipinski definition) is 6. The van der Waals surface area contributed by atoms with Crippen molar-refractivity contribution < 1.29 is 0 Å². The van der Waals surface area contributed by atoms with Crippen molar-refractivity contribution in [3.05, 3.63) is 59.7 Å². The van der Waals surface area contributed by atoms with E-state index in [-0.39, 0.29) is 0 Å². The molecular formula is C21H18N6S. The lowest BCUT2D eigenvalue weighted by atomic mass is 9.96. The summed E-state index contributed by atoms with van der Waals surface area (Å²) in [5.74, 6) is 2.08. The van der Waals surface area contributed by atoms with Gasteiger partial charge in [0.15, 0.2) is 0 Å². The Morgan fingerprint density at radius 2 is 1.82 bits per heavy atom. The minimum atomic E-state index is 0.447. The van der Waals surface area contributed by atoms with Gasteiger partial charge in [0.2, 0.25) is 0 Å². The van der Waals surface area contributed by atoms with Gasteiger partial charge in [-0.1, -0.05) is 42.1 Å². The number of thioether (sulfide) groups is 1. The van der Waals surface area contributed by atoms with Crippen LogP contribution >= 0.6 is 11.8 Å². The summed E-state index contributed by atoms with van der Waals surface area (Å²) < 4.78 is 0. The molecule has 0 amide bonds. The van der Waals surface area contributed by atoms with E-state index >= 15 is 0 Å². The maximum absolute atomic E-state index is 9.96. The van der Waals surface area contributed by atoms with Crippen LogP contribution in [0.1, 0.15) is 29.8 Å². The molecule has 4 rings (SSSR count). The highest BCUT2D eigenvalue weighted by Crippen LogP contribution is 2.39. The van der Waals surface area contributed by atoms with E-state index in [0.717, 1.165) is 37.3 Å². The molecule has 2 aromatic heterocycles. The molecule has 1 saturated heterocycles. The molecule has 0 spiro atoms. The zero-order valence-corrected chi connectivity index (χ0v) is 16.0. The highest BCUT2D eigenvalue weighted by atomic mass is 32.2. The molecule has 1 N–H and O–H groups in total. The van der Waals surface area contributed by atoms with Gasteiger partial charge in [-0.15, -0.1) is 0 Å². The van der Waals surface area contributed by atoms with Gasteiger partial charge in [0.05, 0.1) is 11.3 Å². The number of nitrogens with one attached hydrogen (secondary N) is 1. The third-order valence-corrected chi connectivity index (χ3v) is 5.72. The first-order valence-corrected chi connectivity index (χ1v) is 10.1. The number of anilines is 1. The number of H-pyrrole nitrogens is 1. The summed E-state index contributed by atoms with van der Waals surface area (Å²) in [5.41, 5.74) is 2.46. The van der Waals surface area contributed by atoms with Crippen molar-refractivity contribution in [1.82, 2.24) is 15.0 Å². The smallest absolute Gasteiger partial charge is 0.148 e. The molecular weight excluding hydrogens is 368 g/mol. The van der Waals surface area contributed by atoms with Gasteiger partial charge in [0.25, 0.3) is 0 Å². The molecule has 1 fully saturated rings. The number of nitriles is 2. The predicted molar refractivity (Wildman–Crippen MR) is 109 cm³/mol. The summed E-state index contributed by atoms with van der Waals surface area (Å²) in [6.07, 6.45) is 5.65. The third-order valence-electron chi connectivity index (χ3n) is 4.74. The Bertz CT molecular complexity index is 1040. The number of imidazole rings is 1. The van der Waals surface area contributed by atoms with Gasteiger partial charge in [0.1, 0.15) is 34.4 Å². The minimum absolute atomic E-state index is 0.447. The fourth-order valence-corrected chi connectivity index (χ4v) is 4.31. The molecule has 0 bridgehead atoms. The Labute approximate surface area is 167 Å². The second-order valence-electron chi connectivity index (χ2n) is 6.47. The van der Waals surface area contributed by atoms with Crippen LogP contribution in [-0.4, -0.2) is 28.0 Å². The summed E-state index contributed by atoms with van der Waals surface area (Å²) in [7, 11) is 0. The van der Waals surface area contributed by atoms with Crippen LogP contribution in [0, 0.1) is 22.7 Å². The zero-order chi connectivity index (χ0) is 19.3. The van der Waals surface area contributed by atoms with E-state index in [1.807, 2.05) is 30.3 Å². The second kappa shape index (κ2) is 8.16. The molecule has 0 unspecified atom stereocenters. The summed E-state index contributed by atoms with van der Waals surface area (Å²) in [4.78, 5) is 14.3. The van der Waals surface area contributed by atoms with E-state index in [9.17, 15) is 10.5 Å². The van der Waals surface area contributed by atoms with Gasteiger partial charge in [-0.05, 0) is 18.4 Å². The van der Waals surface area contributed by atoms with E-state index in [0.29, 0.717) is 33.3 Å². The number of aromatic amines is 1. The van der Waals surface area contributed by atoms with Crippen LogP contribution in [0.2, 0.25) is 0 Å². The number of pyridine rings is 1. The van der Waals surface area contributed by atoms with E-state index < -0.39 is 0 Å². The van der Waals surface area contributed by atoms with E-state index in [4.69, 9.17) is 4.98 Å². The summed E-state index contributed by atoms with van der Waals surface area (Å²) in [6.45, 7) is 1.76. The van der Waals surface area contributed by atoms with Crippen LogP contribution in [0.25, 0.3) is 11.1 Å². The first kappa shape index (κ1) is 18.1. The Kier molecular flexibility index (Phi) is 5.27. The van der Waals surface area contributed by atoms with Crippen LogP contribution in [0.5, 0.6) is 0 Å². The van der Waals surface area contributed by atoms with Gasteiger partial charge in [-0.2, -0.15) is 10.5 Å². The largest absolute Gasteiger partial charge is 0.355 e. The second-order valence-corrected chi connectivity index (χ2v) is 7.44. The van der Waals surface area contributed by atoms with Gasteiger partial charge in [-0.25, -0.2) is 9.97 Å². The zero-order valence-electron chi connectivity index (χ0n) is 15.2. The molecule has 6 nitrogen and oxygen atoms in total.